The van der Waals surface area contributed by atoms with Gasteiger partial charge in [0.2, 0.25) is 11.1 Å². The highest BCUT2D eigenvalue weighted by Gasteiger charge is 2.36. The Hall–Kier alpha value is -3.96. The monoisotopic (exact) mass is 533 g/mol. The van der Waals surface area contributed by atoms with Crippen molar-refractivity contribution in [1.82, 2.24) is 9.91 Å². The van der Waals surface area contributed by atoms with Gasteiger partial charge in [0.15, 0.2) is 5.84 Å². The predicted molar refractivity (Wildman–Crippen MR) is 146 cm³/mol. The van der Waals surface area contributed by atoms with Gasteiger partial charge in [0.25, 0.3) is 5.91 Å². The molecule has 2 aromatic carbocycles. The van der Waals surface area contributed by atoms with E-state index in [-0.39, 0.29) is 23.7 Å². The summed E-state index contributed by atoms with van der Waals surface area (Å²) in [6.07, 6.45) is 1.70. The minimum Gasteiger partial charge on any atom is -0.490 e. The van der Waals surface area contributed by atoms with E-state index < -0.39 is 5.91 Å². The van der Waals surface area contributed by atoms with Crippen LogP contribution in [0.3, 0.4) is 0 Å². The van der Waals surface area contributed by atoms with Gasteiger partial charge in [0.05, 0.1) is 25.2 Å². The maximum atomic E-state index is 12.7. The van der Waals surface area contributed by atoms with Crippen LogP contribution in [0, 0.1) is 12.3 Å². The smallest absolute Gasteiger partial charge is 0.283 e. The summed E-state index contributed by atoms with van der Waals surface area (Å²) in [5, 5.41) is 15.0. The minimum absolute atomic E-state index is 0.0577. The second kappa shape index (κ2) is 11.6. The highest BCUT2D eigenvalue weighted by atomic mass is 32.2. The van der Waals surface area contributed by atoms with E-state index >= 15 is 0 Å². The van der Waals surface area contributed by atoms with Gasteiger partial charge in [-0.3, -0.25) is 15.0 Å². The molecule has 5 rings (SSSR count). The van der Waals surface area contributed by atoms with Gasteiger partial charge in [-0.2, -0.15) is 15.1 Å². The molecule has 0 radical (unpaired) electrons. The molecule has 1 saturated heterocycles. The van der Waals surface area contributed by atoms with E-state index in [4.69, 9.17) is 19.6 Å². The lowest BCUT2D eigenvalue weighted by Gasteiger charge is -2.26. The van der Waals surface area contributed by atoms with Gasteiger partial charge in [-0.05, 0) is 54.6 Å². The zero-order chi connectivity index (χ0) is 26.5. The number of hydrazone groups is 1. The molecular formula is C27H27N5O5S. The number of benzene rings is 2. The molecule has 10 nitrogen and oxygen atoms in total. The summed E-state index contributed by atoms with van der Waals surface area (Å²) < 4.78 is 16.7. The Kier molecular flexibility index (Phi) is 7.85. The van der Waals surface area contributed by atoms with Crippen molar-refractivity contribution < 1.29 is 23.8 Å². The first-order chi connectivity index (χ1) is 18.5. The van der Waals surface area contributed by atoms with Gasteiger partial charge < -0.3 is 19.1 Å². The highest BCUT2D eigenvalue weighted by molar-refractivity contribution is 8.27. The van der Waals surface area contributed by atoms with Crippen LogP contribution in [0.4, 0.5) is 0 Å². The maximum Gasteiger partial charge on any atom is 0.283 e. The summed E-state index contributed by atoms with van der Waals surface area (Å²) in [5.74, 6) is 0.814. The van der Waals surface area contributed by atoms with Crippen LogP contribution in [0.25, 0.3) is 6.08 Å². The van der Waals surface area contributed by atoms with Gasteiger partial charge in [-0.1, -0.05) is 29.8 Å². The number of thioether (sulfide) groups is 1. The number of hydrogen-bond acceptors (Lipinski definition) is 8. The van der Waals surface area contributed by atoms with Crippen molar-refractivity contribution in [2.75, 3.05) is 39.5 Å². The fraction of sp³-hybridized carbons (Fsp3) is 0.296. The summed E-state index contributed by atoms with van der Waals surface area (Å²) in [6.45, 7) is 4.96. The Bertz CT molecular complexity index is 1310. The van der Waals surface area contributed by atoms with Gasteiger partial charge in [0.1, 0.15) is 29.8 Å². The van der Waals surface area contributed by atoms with Gasteiger partial charge >= 0.3 is 0 Å². The van der Waals surface area contributed by atoms with Crippen LogP contribution in [0.15, 0.2) is 64.2 Å². The quantitative estimate of drug-likeness (QED) is 0.409. The Balaban J connectivity index is 1.17. The fourth-order valence-electron chi connectivity index (χ4n) is 3.94. The number of carbonyl (C=O) groups is 2. The van der Waals surface area contributed by atoms with E-state index in [0.717, 1.165) is 23.1 Å². The Morgan fingerprint density at radius 1 is 1.05 bits per heavy atom. The normalized spacial score (nSPS) is 18.3. The van der Waals surface area contributed by atoms with E-state index in [1.807, 2.05) is 31.2 Å². The summed E-state index contributed by atoms with van der Waals surface area (Å²) in [7, 11) is 0. The van der Waals surface area contributed by atoms with E-state index in [1.54, 1.807) is 35.2 Å². The molecule has 1 fully saturated rings. The number of hydrogen-bond donors (Lipinski definition) is 1. The molecule has 3 heterocycles. The summed E-state index contributed by atoms with van der Waals surface area (Å²) in [5.41, 5.74) is 2.02. The molecule has 0 unspecified atom stereocenters. The molecule has 0 saturated carbocycles. The number of aryl methyl sites for hydroxylation is 1. The molecule has 0 aliphatic carbocycles. The third-order valence-electron chi connectivity index (χ3n) is 6.00. The number of amidine groups is 2. The number of carbonyl (C=O) groups excluding carboxylic acids is 2. The maximum absolute atomic E-state index is 12.7. The van der Waals surface area contributed by atoms with Crippen LogP contribution >= 0.6 is 11.8 Å². The van der Waals surface area contributed by atoms with E-state index in [2.05, 4.69) is 10.1 Å². The molecule has 3 aliphatic rings. The number of fused-ring (bicyclic) bond motifs is 1. The van der Waals surface area contributed by atoms with Crippen molar-refractivity contribution in [2.24, 2.45) is 10.1 Å². The third kappa shape index (κ3) is 6.12. The molecule has 2 aromatic rings. The molecule has 2 amide bonds. The largest absolute Gasteiger partial charge is 0.490 e. The average molecular weight is 534 g/mol. The molecule has 0 atom stereocenters. The van der Waals surface area contributed by atoms with Crippen LogP contribution in [0.2, 0.25) is 0 Å². The Labute approximate surface area is 224 Å². The number of morpholine rings is 1. The van der Waals surface area contributed by atoms with E-state index in [1.165, 1.54) is 10.6 Å². The topological polar surface area (TPSA) is 117 Å². The summed E-state index contributed by atoms with van der Waals surface area (Å²) >= 11 is 1.14. The zero-order valence-corrected chi connectivity index (χ0v) is 21.7. The fourth-order valence-corrected chi connectivity index (χ4v) is 4.81. The third-order valence-corrected chi connectivity index (χ3v) is 6.90. The van der Waals surface area contributed by atoms with Crippen molar-refractivity contribution >= 4 is 45.7 Å². The second-order valence-electron chi connectivity index (χ2n) is 8.76. The van der Waals surface area contributed by atoms with Gasteiger partial charge in [-0.15, -0.1) is 0 Å². The molecule has 1 N–H and O–H groups in total. The lowest BCUT2D eigenvalue weighted by Crippen LogP contribution is -2.41. The van der Waals surface area contributed by atoms with E-state index in [9.17, 15) is 9.59 Å². The molecule has 0 spiro atoms. The van der Waals surface area contributed by atoms with Crippen LogP contribution in [-0.4, -0.2) is 77.3 Å². The second-order valence-corrected chi connectivity index (χ2v) is 9.80. The first kappa shape index (κ1) is 25.7. The minimum atomic E-state index is -0.515. The van der Waals surface area contributed by atoms with Crippen LogP contribution in [-0.2, 0) is 14.3 Å². The zero-order valence-electron chi connectivity index (χ0n) is 20.9. The van der Waals surface area contributed by atoms with Crippen molar-refractivity contribution in [1.29, 1.82) is 5.41 Å². The highest BCUT2D eigenvalue weighted by Crippen LogP contribution is 2.30. The molecular weight excluding hydrogens is 506 g/mol. The lowest BCUT2D eigenvalue weighted by molar-refractivity contribution is -0.133. The lowest BCUT2D eigenvalue weighted by atomic mass is 10.1. The molecule has 38 heavy (non-hydrogen) atoms. The Morgan fingerprint density at radius 2 is 1.68 bits per heavy atom. The SMILES string of the molecule is Cc1ccc(OCCOc2ccc(C=C3C(=N)N4N=C(CC(=O)N5CCOCC5)SC4=NC3=O)cc2)cc1. The van der Waals surface area contributed by atoms with Crippen molar-refractivity contribution in [3.63, 3.8) is 0 Å². The average Bonchev–Trinajstić information content (AvgIpc) is 3.33. The first-order valence-electron chi connectivity index (χ1n) is 12.2. The predicted octanol–water partition coefficient (Wildman–Crippen LogP) is 3.32. The van der Waals surface area contributed by atoms with Crippen molar-refractivity contribution in [3.8, 4) is 11.5 Å². The van der Waals surface area contributed by atoms with Crippen molar-refractivity contribution in [2.45, 2.75) is 13.3 Å². The standard InChI is InChI=1S/C27H27N5O5S/c1-18-2-6-20(7-3-18)36-14-15-37-21-8-4-19(5-9-21)16-22-25(28)32-27(29-26(22)34)38-23(30-32)17-24(33)31-10-12-35-13-11-31/h2-9,16,28H,10-15,17H2,1H3. The first-order valence-corrected chi connectivity index (χ1v) is 13.0. The summed E-state index contributed by atoms with van der Waals surface area (Å²) in [4.78, 5) is 31.1. The summed E-state index contributed by atoms with van der Waals surface area (Å²) in [6, 6.07) is 15.0. The number of rotatable bonds is 8. The number of nitrogens with one attached hydrogen (secondary N) is 1. The Morgan fingerprint density at radius 3 is 2.34 bits per heavy atom. The van der Waals surface area contributed by atoms with Crippen molar-refractivity contribution in [3.05, 3.63) is 65.2 Å². The molecule has 11 heteroatoms. The molecule has 0 aromatic heterocycles. The van der Waals surface area contributed by atoms with E-state index in [0.29, 0.717) is 55.5 Å². The van der Waals surface area contributed by atoms with Gasteiger partial charge in [0, 0.05) is 13.1 Å². The van der Waals surface area contributed by atoms with Crippen LogP contribution < -0.4 is 9.47 Å². The molecule has 196 valence electrons. The number of nitrogens with zero attached hydrogens (tertiary/aromatic N) is 4. The molecule has 3 aliphatic heterocycles. The number of aliphatic imine (C=N–C) groups is 1. The van der Waals surface area contributed by atoms with Gasteiger partial charge in [-0.25, -0.2) is 0 Å². The van der Waals surface area contributed by atoms with Crippen LogP contribution in [0.1, 0.15) is 17.5 Å². The van der Waals surface area contributed by atoms with Crippen LogP contribution in [0.5, 0.6) is 11.5 Å². The molecule has 0 bridgehead atoms. The number of amides is 2. The number of ether oxygens (including phenoxy) is 3.